The van der Waals surface area contributed by atoms with Crippen LogP contribution in [-0.2, 0) is 27.6 Å². The van der Waals surface area contributed by atoms with E-state index in [2.05, 4.69) is 4.98 Å². The van der Waals surface area contributed by atoms with E-state index in [1.807, 2.05) is 36.4 Å². The first-order valence-electron chi connectivity index (χ1n) is 10.6. The molecule has 1 atom stereocenters. The predicted molar refractivity (Wildman–Crippen MR) is 127 cm³/mol. The Morgan fingerprint density at radius 1 is 1.12 bits per heavy atom. The number of pyridine rings is 2. The number of hydroxylamine groups is 1. The van der Waals surface area contributed by atoms with E-state index in [1.54, 1.807) is 24.7 Å². The highest BCUT2D eigenvalue weighted by Gasteiger charge is 2.43. The molecule has 0 spiro atoms. The summed E-state index contributed by atoms with van der Waals surface area (Å²) in [7, 11) is -3.84. The van der Waals surface area contributed by atoms with Gasteiger partial charge in [-0.05, 0) is 60.4 Å². The van der Waals surface area contributed by atoms with Crippen LogP contribution in [0.1, 0.15) is 18.9 Å². The van der Waals surface area contributed by atoms with Crippen LogP contribution in [0.15, 0.2) is 71.9 Å². The molecular weight excluding hydrogens is 458 g/mol. The lowest BCUT2D eigenvalue weighted by Crippen LogP contribution is -2.49. The first kappa shape index (κ1) is 25.1. The highest BCUT2D eigenvalue weighted by Crippen LogP contribution is 2.23. The normalized spacial score (nSPS) is 13.1. The molecule has 1 amide bonds. The number of carbonyl (C=O) groups is 1. The first-order chi connectivity index (χ1) is 16.1. The summed E-state index contributed by atoms with van der Waals surface area (Å²) in [5.41, 5.74) is 3.73. The maximum absolute atomic E-state index is 12.6. The minimum absolute atomic E-state index is 0.0135. The standard InChI is InChI=1S/C24H27N3O6S/c1-24(23(29)26-30,34(2,31)32)11-15-27-14-9-20(17-22(27)28)19-3-5-21(6-4-19)33-16-10-18-7-12-25-13-8-18/h3-9,12-14,17,30H,10-11,15-16H2,1-2H3,(H,26,29). The summed E-state index contributed by atoms with van der Waals surface area (Å²) in [6.07, 6.45) is 6.54. The molecule has 0 aliphatic carbocycles. The zero-order chi connectivity index (χ0) is 24.8. The number of aryl methyl sites for hydroxylation is 1. The third kappa shape index (κ3) is 5.89. The van der Waals surface area contributed by atoms with Crippen LogP contribution < -0.4 is 15.8 Å². The van der Waals surface area contributed by atoms with E-state index in [0.29, 0.717) is 17.9 Å². The van der Waals surface area contributed by atoms with Crippen molar-refractivity contribution in [2.45, 2.75) is 31.1 Å². The molecule has 2 heterocycles. The van der Waals surface area contributed by atoms with Gasteiger partial charge in [0.15, 0.2) is 14.6 Å². The minimum atomic E-state index is -3.84. The predicted octanol–water partition coefficient (Wildman–Crippen LogP) is 2.23. The molecule has 1 aromatic carbocycles. The lowest BCUT2D eigenvalue weighted by atomic mass is 10.1. The Kier molecular flexibility index (Phi) is 7.85. The number of sulfone groups is 1. The van der Waals surface area contributed by atoms with Gasteiger partial charge in [0, 0.05) is 43.9 Å². The summed E-state index contributed by atoms with van der Waals surface area (Å²) in [6.45, 7) is 1.73. The highest BCUT2D eigenvalue weighted by molar-refractivity contribution is 7.92. The van der Waals surface area contributed by atoms with Crippen LogP contribution >= 0.6 is 0 Å². The largest absolute Gasteiger partial charge is 0.493 e. The Labute approximate surface area is 197 Å². The van der Waals surface area contributed by atoms with Crippen molar-refractivity contribution in [1.82, 2.24) is 15.0 Å². The molecule has 0 aliphatic heterocycles. The van der Waals surface area contributed by atoms with Gasteiger partial charge >= 0.3 is 0 Å². The lowest BCUT2D eigenvalue weighted by Gasteiger charge is -2.25. The number of carbonyl (C=O) groups excluding carboxylic acids is 1. The molecule has 1 unspecified atom stereocenters. The van der Waals surface area contributed by atoms with Gasteiger partial charge in [0.2, 0.25) is 0 Å². The van der Waals surface area contributed by atoms with Crippen LogP contribution in [-0.4, -0.2) is 46.7 Å². The number of benzene rings is 1. The van der Waals surface area contributed by atoms with Crippen molar-refractivity contribution in [3.63, 3.8) is 0 Å². The third-order valence-electron chi connectivity index (χ3n) is 5.82. The maximum atomic E-state index is 12.6. The van der Waals surface area contributed by atoms with Gasteiger partial charge in [-0.25, -0.2) is 13.9 Å². The minimum Gasteiger partial charge on any atom is -0.493 e. The molecule has 10 heteroatoms. The summed E-state index contributed by atoms with van der Waals surface area (Å²) < 4.78 is 29.4. The van der Waals surface area contributed by atoms with Gasteiger partial charge in [-0.2, -0.15) is 0 Å². The summed E-state index contributed by atoms with van der Waals surface area (Å²) in [5, 5.41) is 8.92. The van der Waals surface area contributed by atoms with E-state index in [1.165, 1.54) is 23.0 Å². The zero-order valence-corrected chi connectivity index (χ0v) is 19.8. The van der Waals surface area contributed by atoms with E-state index in [0.717, 1.165) is 23.8 Å². The van der Waals surface area contributed by atoms with E-state index in [4.69, 9.17) is 9.94 Å². The van der Waals surface area contributed by atoms with Gasteiger partial charge in [-0.15, -0.1) is 0 Å². The highest BCUT2D eigenvalue weighted by atomic mass is 32.2. The van der Waals surface area contributed by atoms with Crippen LogP contribution in [0, 0.1) is 0 Å². The molecule has 2 aromatic heterocycles. The van der Waals surface area contributed by atoms with Crippen molar-refractivity contribution in [2.24, 2.45) is 0 Å². The molecule has 0 saturated heterocycles. The van der Waals surface area contributed by atoms with Crippen LogP contribution in [0.5, 0.6) is 5.75 Å². The fraction of sp³-hybridized carbons (Fsp3) is 0.292. The number of aromatic nitrogens is 2. The van der Waals surface area contributed by atoms with Crippen LogP contribution in [0.3, 0.4) is 0 Å². The molecule has 0 aliphatic rings. The molecule has 0 bridgehead atoms. The third-order valence-corrected chi connectivity index (χ3v) is 7.85. The van der Waals surface area contributed by atoms with Gasteiger partial charge in [-0.1, -0.05) is 12.1 Å². The molecule has 3 aromatic rings. The van der Waals surface area contributed by atoms with Crippen LogP contribution in [0.2, 0.25) is 0 Å². The molecule has 0 radical (unpaired) electrons. The van der Waals surface area contributed by atoms with Gasteiger partial charge < -0.3 is 9.30 Å². The summed E-state index contributed by atoms with van der Waals surface area (Å²) in [5.74, 6) is -0.323. The fourth-order valence-corrected chi connectivity index (χ4v) is 4.22. The van der Waals surface area contributed by atoms with Gasteiger partial charge in [-0.3, -0.25) is 19.8 Å². The summed E-state index contributed by atoms with van der Waals surface area (Å²) >= 11 is 0. The molecule has 0 fully saturated rings. The quantitative estimate of drug-likeness (QED) is 0.333. The van der Waals surface area contributed by atoms with E-state index in [9.17, 15) is 18.0 Å². The summed E-state index contributed by atoms with van der Waals surface area (Å²) in [4.78, 5) is 28.5. The first-order valence-corrected chi connectivity index (χ1v) is 12.5. The number of nitrogens with one attached hydrogen (secondary N) is 1. The van der Waals surface area contributed by atoms with Gasteiger partial charge in [0.1, 0.15) is 5.75 Å². The lowest BCUT2D eigenvalue weighted by molar-refractivity contribution is -0.131. The number of hydrogen-bond donors (Lipinski definition) is 2. The Balaban J connectivity index is 1.65. The second kappa shape index (κ2) is 10.6. The zero-order valence-electron chi connectivity index (χ0n) is 19.0. The second-order valence-electron chi connectivity index (χ2n) is 8.12. The van der Waals surface area contributed by atoms with E-state index >= 15 is 0 Å². The second-order valence-corrected chi connectivity index (χ2v) is 10.6. The molecule has 3 rings (SSSR count). The van der Waals surface area contributed by atoms with Crippen molar-refractivity contribution < 1.29 is 23.2 Å². The molecular formula is C24H27N3O6S. The van der Waals surface area contributed by atoms with Crippen molar-refractivity contribution in [3.8, 4) is 16.9 Å². The topological polar surface area (TPSA) is 128 Å². The van der Waals surface area contributed by atoms with Crippen molar-refractivity contribution >= 4 is 15.7 Å². The Morgan fingerprint density at radius 3 is 2.38 bits per heavy atom. The summed E-state index contributed by atoms with van der Waals surface area (Å²) in [6, 6.07) is 14.4. The number of rotatable bonds is 10. The Hall–Kier alpha value is -3.50. The molecule has 2 N–H and O–H groups in total. The molecule has 0 saturated carbocycles. The Bertz CT molecular complexity index is 1290. The maximum Gasteiger partial charge on any atom is 0.264 e. The average Bonchev–Trinajstić information content (AvgIpc) is 2.83. The number of amides is 1. The number of hydrogen-bond acceptors (Lipinski definition) is 7. The molecule has 9 nitrogen and oxygen atoms in total. The monoisotopic (exact) mass is 485 g/mol. The van der Waals surface area contributed by atoms with Gasteiger partial charge in [0.05, 0.1) is 6.61 Å². The van der Waals surface area contributed by atoms with Crippen molar-refractivity contribution in [1.29, 1.82) is 0 Å². The molecule has 34 heavy (non-hydrogen) atoms. The molecule has 180 valence electrons. The SMILES string of the molecule is CC(CCn1ccc(-c2ccc(OCCc3ccncc3)cc2)cc1=O)(C(=O)NO)S(C)(=O)=O. The van der Waals surface area contributed by atoms with Crippen LogP contribution in [0.25, 0.3) is 11.1 Å². The van der Waals surface area contributed by atoms with E-state index in [-0.39, 0.29) is 18.5 Å². The van der Waals surface area contributed by atoms with Gasteiger partial charge in [0.25, 0.3) is 11.5 Å². The Morgan fingerprint density at radius 2 is 1.79 bits per heavy atom. The average molecular weight is 486 g/mol. The smallest absolute Gasteiger partial charge is 0.264 e. The number of ether oxygens (including phenoxy) is 1. The van der Waals surface area contributed by atoms with Crippen molar-refractivity contribution in [3.05, 3.63) is 83.0 Å². The van der Waals surface area contributed by atoms with Crippen molar-refractivity contribution in [2.75, 3.05) is 12.9 Å². The number of nitrogens with zero attached hydrogens (tertiary/aromatic N) is 2. The van der Waals surface area contributed by atoms with E-state index < -0.39 is 20.5 Å². The fourth-order valence-electron chi connectivity index (χ4n) is 3.37. The van der Waals surface area contributed by atoms with Crippen LogP contribution in [0.4, 0.5) is 0 Å².